The van der Waals surface area contributed by atoms with E-state index in [0.717, 1.165) is 30.5 Å². The van der Waals surface area contributed by atoms with Crippen LogP contribution in [0.25, 0.3) is 0 Å². The number of fused-ring (bicyclic) bond motifs is 2. The number of nitrogens with zero attached hydrogens (tertiary/aromatic N) is 4. The van der Waals surface area contributed by atoms with E-state index in [-0.39, 0.29) is 0 Å². The fourth-order valence-corrected chi connectivity index (χ4v) is 6.21. The van der Waals surface area contributed by atoms with E-state index in [1.54, 1.807) is 18.6 Å². The first-order valence-corrected chi connectivity index (χ1v) is 10.4. The van der Waals surface area contributed by atoms with Gasteiger partial charge < -0.3 is 4.74 Å². The summed E-state index contributed by atoms with van der Waals surface area (Å²) >= 11 is 1.56. The highest BCUT2D eigenvalue weighted by Gasteiger charge is 2.53. The van der Waals surface area contributed by atoms with Crippen molar-refractivity contribution in [2.75, 3.05) is 26.7 Å². The van der Waals surface area contributed by atoms with Crippen molar-refractivity contribution in [1.29, 1.82) is 0 Å². The summed E-state index contributed by atoms with van der Waals surface area (Å²) in [4.78, 5) is 6.79. The number of para-hydroxylation sites is 1. The van der Waals surface area contributed by atoms with E-state index in [0.29, 0.717) is 18.0 Å². The molecule has 5 heterocycles. The van der Waals surface area contributed by atoms with Crippen LogP contribution in [-0.2, 0) is 6.54 Å². The number of rotatable bonds is 4. The number of piperidine rings is 3. The fraction of sp³-hybridized carbons (Fsp3) is 0.600. The van der Waals surface area contributed by atoms with E-state index in [1.807, 2.05) is 0 Å². The Labute approximate surface area is 159 Å². The minimum atomic E-state index is 0.514. The average molecular weight is 371 g/mol. The van der Waals surface area contributed by atoms with Gasteiger partial charge in [-0.25, -0.2) is 0 Å². The quantitative estimate of drug-likeness (QED) is 0.828. The van der Waals surface area contributed by atoms with Crippen LogP contribution in [0.1, 0.15) is 34.9 Å². The number of likely N-dealkylation sites (tertiary alicyclic amines) is 1. The molecule has 0 spiro atoms. The van der Waals surface area contributed by atoms with Crippen LogP contribution in [0.4, 0.5) is 0 Å². The van der Waals surface area contributed by atoms with Crippen molar-refractivity contribution in [3.63, 3.8) is 0 Å². The molecular weight excluding hydrogens is 344 g/mol. The highest BCUT2D eigenvalue weighted by molar-refractivity contribution is 7.05. The van der Waals surface area contributed by atoms with Crippen LogP contribution in [0.2, 0.25) is 0 Å². The van der Waals surface area contributed by atoms with Crippen LogP contribution in [0.5, 0.6) is 5.75 Å². The van der Waals surface area contributed by atoms with Crippen LogP contribution in [-0.4, -0.2) is 58.2 Å². The number of aryl methyl sites for hydroxylation is 1. The summed E-state index contributed by atoms with van der Waals surface area (Å²) < 4.78 is 9.88. The average Bonchev–Trinajstić information content (AvgIpc) is 3.28. The van der Waals surface area contributed by atoms with Gasteiger partial charge in [-0.05, 0) is 56.4 Å². The van der Waals surface area contributed by atoms with Gasteiger partial charge in [-0.3, -0.25) is 9.80 Å². The van der Waals surface area contributed by atoms with Crippen LogP contribution in [0, 0.1) is 12.8 Å². The van der Waals surface area contributed by atoms with Gasteiger partial charge >= 0.3 is 0 Å². The van der Waals surface area contributed by atoms with Gasteiger partial charge in [0.25, 0.3) is 0 Å². The maximum Gasteiger partial charge on any atom is 0.122 e. The maximum absolute atomic E-state index is 5.72. The Morgan fingerprint density at radius 3 is 2.73 bits per heavy atom. The van der Waals surface area contributed by atoms with Crippen molar-refractivity contribution < 1.29 is 4.74 Å². The first-order valence-electron chi connectivity index (χ1n) is 9.65. The molecular formula is C20H26N4OS. The summed E-state index contributed by atoms with van der Waals surface area (Å²) in [6.07, 6.45) is 2.69. The zero-order valence-electron chi connectivity index (χ0n) is 15.5. The van der Waals surface area contributed by atoms with Crippen molar-refractivity contribution in [2.24, 2.45) is 5.92 Å². The smallest absolute Gasteiger partial charge is 0.122 e. The monoisotopic (exact) mass is 370 g/mol. The lowest BCUT2D eigenvalue weighted by atomic mass is 9.75. The third-order valence-electron chi connectivity index (χ3n) is 6.72. The molecule has 2 aromatic rings. The molecule has 4 saturated heterocycles. The molecule has 0 radical (unpaired) electrons. The van der Waals surface area contributed by atoms with Crippen LogP contribution >= 0.6 is 11.5 Å². The summed E-state index contributed by atoms with van der Waals surface area (Å²) in [5, 5.41) is 4.23. The van der Waals surface area contributed by atoms with Crippen molar-refractivity contribution in [3.8, 4) is 5.75 Å². The SMILES string of the molecule is COc1ccccc1[C@H]1CN(Cc2snnc2C)[C@@H]2C3CCN(CC3)[C@H]12. The number of benzene rings is 1. The van der Waals surface area contributed by atoms with Crippen LogP contribution < -0.4 is 4.74 Å². The Morgan fingerprint density at radius 1 is 1.19 bits per heavy atom. The third kappa shape index (κ3) is 2.58. The molecule has 4 fully saturated rings. The van der Waals surface area contributed by atoms with Gasteiger partial charge in [0, 0.05) is 36.7 Å². The van der Waals surface area contributed by atoms with Gasteiger partial charge in [-0.1, -0.05) is 22.7 Å². The highest BCUT2D eigenvalue weighted by atomic mass is 32.1. The minimum absolute atomic E-state index is 0.514. The molecule has 4 aliphatic heterocycles. The highest BCUT2D eigenvalue weighted by Crippen LogP contribution is 2.48. The Balaban J connectivity index is 1.51. The second kappa shape index (κ2) is 6.59. The van der Waals surface area contributed by atoms with Gasteiger partial charge in [0.2, 0.25) is 0 Å². The normalized spacial score (nSPS) is 33.4. The second-order valence-corrected chi connectivity index (χ2v) is 8.75. The summed E-state index contributed by atoms with van der Waals surface area (Å²) in [6, 6.07) is 9.87. The van der Waals surface area contributed by atoms with Gasteiger partial charge in [0.1, 0.15) is 5.75 Å². The standard InChI is InChI=1S/C20H26N4OS/c1-13-18(26-22-21-13)12-24-11-16(15-5-3-4-6-17(15)25-2)20-19(24)14-7-9-23(20)10-8-14/h3-6,14,16,19-20H,7-12H2,1-2H3/t16-,19-,20-/m1/s1. The zero-order chi connectivity index (χ0) is 17.7. The lowest BCUT2D eigenvalue weighted by Gasteiger charge is -2.51. The third-order valence-corrected chi connectivity index (χ3v) is 7.53. The molecule has 0 unspecified atom stereocenters. The fourth-order valence-electron chi connectivity index (χ4n) is 5.55. The minimum Gasteiger partial charge on any atom is -0.496 e. The Kier molecular flexibility index (Phi) is 4.22. The molecule has 138 valence electrons. The zero-order valence-corrected chi connectivity index (χ0v) is 16.3. The predicted octanol–water partition coefficient (Wildman–Crippen LogP) is 2.92. The molecule has 5 nitrogen and oxygen atoms in total. The molecule has 4 aliphatic rings. The number of hydrogen-bond donors (Lipinski definition) is 0. The van der Waals surface area contributed by atoms with E-state index in [2.05, 4.69) is 50.6 Å². The van der Waals surface area contributed by atoms with E-state index >= 15 is 0 Å². The maximum atomic E-state index is 5.72. The first kappa shape index (κ1) is 16.7. The van der Waals surface area contributed by atoms with Crippen LogP contribution in [0.15, 0.2) is 24.3 Å². The van der Waals surface area contributed by atoms with Crippen LogP contribution in [0.3, 0.4) is 0 Å². The molecule has 0 aliphatic carbocycles. The summed E-state index contributed by atoms with van der Waals surface area (Å²) in [5.74, 6) is 2.38. The second-order valence-electron chi connectivity index (χ2n) is 7.91. The Morgan fingerprint density at radius 2 is 2.00 bits per heavy atom. The topological polar surface area (TPSA) is 41.5 Å². The number of aromatic nitrogens is 2. The molecule has 3 atom stereocenters. The molecule has 6 heteroatoms. The molecule has 0 saturated carbocycles. The van der Waals surface area contributed by atoms with Gasteiger partial charge in [0.05, 0.1) is 17.7 Å². The molecule has 1 aromatic heterocycles. The predicted molar refractivity (Wildman–Crippen MR) is 103 cm³/mol. The Bertz CT molecular complexity index is 786. The largest absolute Gasteiger partial charge is 0.496 e. The van der Waals surface area contributed by atoms with Crippen molar-refractivity contribution >= 4 is 11.5 Å². The number of hydrogen-bond acceptors (Lipinski definition) is 6. The first-order chi connectivity index (χ1) is 12.8. The summed E-state index contributed by atoms with van der Waals surface area (Å²) in [6.45, 7) is 6.68. The molecule has 2 bridgehead atoms. The molecule has 6 rings (SSSR count). The van der Waals surface area contributed by atoms with E-state index in [4.69, 9.17) is 4.74 Å². The molecule has 0 amide bonds. The number of methoxy groups -OCH3 is 1. The van der Waals surface area contributed by atoms with E-state index in [9.17, 15) is 0 Å². The lowest BCUT2D eigenvalue weighted by molar-refractivity contribution is -0.00860. The van der Waals surface area contributed by atoms with Gasteiger partial charge in [-0.15, -0.1) is 5.10 Å². The van der Waals surface area contributed by atoms with Crippen molar-refractivity contribution in [3.05, 3.63) is 40.4 Å². The van der Waals surface area contributed by atoms with E-state index in [1.165, 1.54) is 36.4 Å². The summed E-state index contributed by atoms with van der Waals surface area (Å²) in [7, 11) is 1.79. The summed E-state index contributed by atoms with van der Waals surface area (Å²) in [5.41, 5.74) is 2.47. The lowest BCUT2D eigenvalue weighted by Crippen LogP contribution is -2.59. The number of ether oxygens (including phenoxy) is 1. The van der Waals surface area contributed by atoms with Gasteiger partial charge in [0.15, 0.2) is 0 Å². The Hall–Kier alpha value is -1.50. The molecule has 1 aromatic carbocycles. The van der Waals surface area contributed by atoms with Crippen molar-refractivity contribution in [2.45, 2.75) is 44.3 Å². The van der Waals surface area contributed by atoms with Gasteiger partial charge in [-0.2, -0.15) is 0 Å². The van der Waals surface area contributed by atoms with Crippen molar-refractivity contribution in [1.82, 2.24) is 19.4 Å². The molecule has 0 N–H and O–H groups in total. The molecule has 26 heavy (non-hydrogen) atoms. The van der Waals surface area contributed by atoms with E-state index < -0.39 is 0 Å².